The summed E-state index contributed by atoms with van der Waals surface area (Å²) in [6.45, 7) is 5.19. The third-order valence-corrected chi connectivity index (χ3v) is 5.55. The van der Waals surface area contributed by atoms with E-state index in [1.54, 1.807) is 24.3 Å². The van der Waals surface area contributed by atoms with Crippen LogP contribution >= 0.6 is 0 Å². The third-order valence-electron chi connectivity index (χ3n) is 5.55. The van der Waals surface area contributed by atoms with Gasteiger partial charge in [0, 0.05) is 37.6 Å². The molecule has 2 aliphatic rings. The number of nitrogens with zero attached hydrogens (tertiary/aromatic N) is 1. The van der Waals surface area contributed by atoms with Gasteiger partial charge in [-0.2, -0.15) is 0 Å². The van der Waals surface area contributed by atoms with Crippen molar-refractivity contribution >= 4 is 17.5 Å². The second kappa shape index (κ2) is 8.64. The number of piperidine rings is 1. The van der Waals surface area contributed by atoms with Crippen LogP contribution in [-0.2, 0) is 9.53 Å². The topological polar surface area (TPSA) is 84.7 Å². The Kier molecular flexibility index (Phi) is 6.27. The average molecular weight is 359 g/mol. The van der Waals surface area contributed by atoms with Gasteiger partial charge in [0.1, 0.15) is 0 Å². The number of nitrogens with two attached hydrogens (primary N) is 1. The van der Waals surface area contributed by atoms with Crippen LogP contribution in [0.25, 0.3) is 0 Å². The van der Waals surface area contributed by atoms with E-state index in [2.05, 4.69) is 12.2 Å². The Labute approximate surface area is 155 Å². The molecular formula is C20H29N3O3. The Bertz CT molecular complexity index is 618. The lowest BCUT2D eigenvalue weighted by molar-refractivity contribution is -0.119. The lowest BCUT2D eigenvalue weighted by Gasteiger charge is -2.30. The van der Waals surface area contributed by atoms with Crippen LogP contribution in [0.2, 0.25) is 0 Å². The van der Waals surface area contributed by atoms with Gasteiger partial charge in [-0.05, 0) is 61.8 Å². The first-order chi connectivity index (χ1) is 12.5. The van der Waals surface area contributed by atoms with Gasteiger partial charge in [-0.15, -0.1) is 0 Å². The number of ether oxygens (including phenoxy) is 1. The number of anilines is 1. The van der Waals surface area contributed by atoms with Gasteiger partial charge in [-0.25, -0.2) is 0 Å². The minimum absolute atomic E-state index is 0.0636. The molecule has 2 saturated heterocycles. The van der Waals surface area contributed by atoms with Crippen LogP contribution in [0.15, 0.2) is 24.3 Å². The fraction of sp³-hybridized carbons (Fsp3) is 0.600. The lowest BCUT2D eigenvalue weighted by Crippen LogP contribution is -2.44. The summed E-state index contributed by atoms with van der Waals surface area (Å²) in [6, 6.07) is 6.56. The Morgan fingerprint density at radius 1 is 1.12 bits per heavy atom. The van der Waals surface area contributed by atoms with E-state index in [1.165, 1.54) is 0 Å². The van der Waals surface area contributed by atoms with E-state index in [9.17, 15) is 9.59 Å². The minimum atomic E-state index is -0.532. The molecule has 0 aliphatic carbocycles. The van der Waals surface area contributed by atoms with Crippen molar-refractivity contribution in [3.8, 4) is 0 Å². The van der Waals surface area contributed by atoms with Gasteiger partial charge >= 0.3 is 0 Å². The van der Waals surface area contributed by atoms with Crippen molar-refractivity contribution in [1.29, 1.82) is 0 Å². The molecule has 1 aromatic rings. The molecule has 2 heterocycles. The molecule has 3 N–H and O–H groups in total. The number of rotatable bonds is 4. The van der Waals surface area contributed by atoms with Crippen LogP contribution in [-0.4, -0.2) is 49.1 Å². The van der Waals surface area contributed by atoms with Gasteiger partial charge in [0.25, 0.3) is 5.91 Å². The van der Waals surface area contributed by atoms with Gasteiger partial charge in [0.2, 0.25) is 5.91 Å². The summed E-state index contributed by atoms with van der Waals surface area (Å²) in [5.74, 6) is 0.734. The zero-order chi connectivity index (χ0) is 18.5. The fourth-order valence-corrected chi connectivity index (χ4v) is 3.60. The highest BCUT2D eigenvalue weighted by molar-refractivity contribution is 5.97. The molecule has 1 aromatic carbocycles. The highest BCUT2D eigenvalue weighted by Gasteiger charge is 2.27. The van der Waals surface area contributed by atoms with Crippen LogP contribution in [0.5, 0.6) is 0 Å². The number of amides is 2. The summed E-state index contributed by atoms with van der Waals surface area (Å²) in [7, 11) is 0. The van der Waals surface area contributed by atoms with Crippen molar-refractivity contribution in [2.24, 2.45) is 17.6 Å². The van der Waals surface area contributed by atoms with E-state index < -0.39 is 6.04 Å². The number of carbonyl (C=O) groups excluding carboxylic acids is 2. The third kappa shape index (κ3) is 4.62. The van der Waals surface area contributed by atoms with Gasteiger partial charge in [-0.1, -0.05) is 6.92 Å². The maximum Gasteiger partial charge on any atom is 0.253 e. The van der Waals surface area contributed by atoms with Crippen molar-refractivity contribution in [2.75, 3.05) is 31.6 Å². The molecule has 1 unspecified atom stereocenters. The first kappa shape index (κ1) is 18.9. The van der Waals surface area contributed by atoms with E-state index in [-0.39, 0.29) is 17.7 Å². The molecule has 6 heteroatoms. The average Bonchev–Trinajstić information content (AvgIpc) is 2.68. The Morgan fingerprint density at radius 3 is 2.35 bits per heavy atom. The van der Waals surface area contributed by atoms with Gasteiger partial charge < -0.3 is 20.7 Å². The summed E-state index contributed by atoms with van der Waals surface area (Å²) >= 11 is 0. The number of nitrogens with one attached hydrogen (secondary N) is 1. The van der Waals surface area contributed by atoms with Crippen molar-refractivity contribution in [1.82, 2.24) is 4.90 Å². The molecule has 2 fully saturated rings. The minimum Gasteiger partial charge on any atom is -0.381 e. The maximum absolute atomic E-state index is 12.6. The highest BCUT2D eigenvalue weighted by atomic mass is 16.5. The predicted octanol–water partition coefficient (Wildman–Crippen LogP) is 2.25. The molecule has 3 rings (SSSR count). The summed E-state index contributed by atoms with van der Waals surface area (Å²) in [5, 5.41) is 2.86. The van der Waals surface area contributed by atoms with E-state index >= 15 is 0 Å². The molecule has 1 atom stereocenters. The molecule has 0 aromatic heterocycles. The zero-order valence-electron chi connectivity index (χ0n) is 15.4. The Morgan fingerprint density at radius 2 is 1.73 bits per heavy atom. The van der Waals surface area contributed by atoms with E-state index in [4.69, 9.17) is 10.5 Å². The van der Waals surface area contributed by atoms with Gasteiger partial charge in [0.15, 0.2) is 0 Å². The van der Waals surface area contributed by atoms with E-state index in [0.717, 1.165) is 38.8 Å². The first-order valence-electron chi connectivity index (χ1n) is 9.58. The Hall–Kier alpha value is -1.92. The zero-order valence-corrected chi connectivity index (χ0v) is 15.4. The van der Waals surface area contributed by atoms with Crippen LogP contribution in [0.1, 0.15) is 43.0 Å². The molecule has 26 heavy (non-hydrogen) atoms. The summed E-state index contributed by atoms with van der Waals surface area (Å²) in [4.78, 5) is 26.8. The number of hydrogen-bond donors (Lipinski definition) is 2. The first-order valence-corrected chi connectivity index (χ1v) is 9.58. The van der Waals surface area contributed by atoms with Crippen molar-refractivity contribution < 1.29 is 14.3 Å². The van der Waals surface area contributed by atoms with Crippen molar-refractivity contribution in [3.05, 3.63) is 29.8 Å². The Balaban J connectivity index is 1.55. The summed E-state index contributed by atoms with van der Waals surface area (Å²) in [5.41, 5.74) is 7.42. The van der Waals surface area contributed by atoms with Crippen LogP contribution < -0.4 is 11.1 Å². The molecule has 142 valence electrons. The molecule has 0 bridgehead atoms. The van der Waals surface area contributed by atoms with Crippen molar-refractivity contribution in [2.45, 2.75) is 38.6 Å². The molecule has 0 saturated carbocycles. The number of benzene rings is 1. The van der Waals surface area contributed by atoms with Crippen LogP contribution in [0.4, 0.5) is 5.69 Å². The van der Waals surface area contributed by atoms with Gasteiger partial charge in [-0.3, -0.25) is 9.59 Å². The molecular weight excluding hydrogens is 330 g/mol. The molecule has 2 amide bonds. The maximum atomic E-state index is 12.6. The summed E-state index contributed by atoms with van der Waals surface area (Å²) in [6.07, 6.45) is 3.75. The van der Waals surface area contributed by atoms with Crippen LogP contribution in [0, 0.1) is 11.8 Å². The molecule has 0 radical (unpaired) electrons. The quantitative estimate of drug-likeness (QED) is 0.863. The smallest absolute Gasteiger partial charge is 0.253 e. The number of carbonyl (C=O) groups is 2. The molecule has 6 nitrogen and oxygen atoms in total. The molecule has 0 spiro atoms. The predicted molar refractivity (Wildman–Crippen MR) is 101 cm³/mol. The SMILES string of the molecule is CC1CCN(C(=O)c2ccc(NC(=O)C(N)C3CCOCC3)cc2)CC1. The standard InChI is InChI=1S/C20H29N3O3/c1-14-6-10-23(11-7-14)20(25)16-2-4-17(5-3-16)22-19(24)18(21)15-8-12-26-13-9-15/h2-5,14-15,18H,6-13,21H2,1H3,(H,22,24). The number of likely N-dealkylation sites (tertiary alicyclic amines) is 1. The highest BCUT2D eigenvalue weighted by Crippen LogP contribution is 2.21. The van der Waals surface area contributed by atoms with E-state index in [0.29, 0.717) is 30.4 Å². The molecule has 2 aliphatic heterocycles. The lowest BCUT2D eigenvalue weighted by atomic mass is 9.92. The second-order valence-corrected chi connectivity index (χ2v) is 7.52. The van der Waals surface area contributed by atoms with E-state index in [1.807, 2.05) is 4.90 Å². The number of hydrogen-bond acceptors (Lipinski definition) is 4. The largest absolute Gasteiger partial charge is 0.381 e. The summed E-state index contributed by atoms with van der Waals surface area (Å²) < 4.78 is 5.32. The van der Waals surface area contributed by atoms with Crippen molar-refractivity contribution in [3.63, 3.8) is 0 Å². The monoisotopic (exact) mass is 359 g/mol. The second-order valence-electron chi connectivity index (χ2n) is 7.52. The van der Waals surface area contributed by atoms with Gasteiger partial charge in [0.05, 0.1) is 6.04 Å². The fourth-order valence-electron chi connectivity index (χ4n) is 3.60. The normalized spacial score (nSPS) is 20.6. The van der Waals surface area contributed by atoms with Crippen LogP contribution in [0.3, 0.4) is 0 Å².